The number of carbonyl (C=O) groups is 2. The summed E-state index contributed by atoms with van der Waals surface area (Å²) in [6.07, 6.45) is 1.97. The lowest BCUT2D eigenvalue weighted by Crippen LogP contribution is -2.41. The first-order valence-electron chi connectivity index (χ1n) is 7.45. The van der Waals surface area contributed by atoms with Crippen LogP contribution in [0.25, 0.3) is 0 Å². The van der Waals surface area contributed by atoms with E-state index in [4.69, 9.17) is 5.11 Å². The van der Waals surface area contributed by atoms with Crippen LogP contribution in [0.15, 0.2) is 42.7 Å². The molecular weight excluding hydrogens is 298 g/mol. The van der Waals surface area contributed by atoms with Gasteiger partial charge in [0.05, 0.1) is 12.6 Å². The number of rotatable bonds is 7. The SMILES string of the molecule is O=C(CN1C=CNCC1)NC(CC(O)C(=O)O)c1ccccc1. The van der Waals surface area contributed by atoms with E-state index in [0.29, 0.717) is 0 Å². The number of aliphatic hydroxyl groups is 1. The van der Waals surface area contributed by atoms with E-state index in [9.17, 15) is 14.7 Å². The Bertz CT molecular complexity index is 562. The minimum absolute atomic E-state index is 0.0809. The fourth-order valence-electron chi connectivity index (χ4n) is 2.37. The minimum atomic E-state index is -1.53. The van der Waals surface area contributed by atoms with E-state index in [-0.39, 0.29) is 18.9 Å². The van der Waals surface area contributed by atoms with Gasteiger partial charge in [0, 0.05) is 31.9 Å². The molecule has 23 heavy (non-hydrogen) atoms. The molecular formula is C16H21N3O4. The van der Waals surface area contributed by atoms with Gasteiger partial charge in [-0.3, -0.25) is 4.79 Å². The summed E-state index contributed by atoms with van der Waals surface area (Å²) < 4.78 is 0. The largest absolute Gasteiger partial charge is 0.479 e. The molecule has 0 saturated heterocycles. The zero-order chi connectivity index (χ0) is 16.7. The molecule has 2 unspecified atom stereocenters. The molecule has 0 aliphatic carbocycles. The van der Waals surface area contributed by atoms with Crippen molar-refractivity contribution in [2.45, 2.75) is 18.6 Å². The van der Waals surface area contributed by atoms with Gasteiger partial charge in [-0.1, -0.05) is 30.3 Å². The van der Waals surface area contributed by atoms with Crippen LogP contribution in [-0.4, -0.2) is 52.7 Å². The number of aliphatic hydroxyl groups excluding tert-OH is 1. The maximum atomic E-state index is 12.2. The van der Waals surface area contributed by atoms with Crippen molar-refractivity contribution in [3.63, 3.8) is 0 Å². The first-order chi connectivity index (χ1) is 11.1. The van der Waals surface area contributed by atoms with Crippen LogP contribution in [0.3, 0.4) is 0 Å². The Labute approximate surface area is 134 Å². The van der Waals surface area contributed by atoms with Crippen LogP contribution in [0.1, 0.15) is 18.0 Å². The van der Waals surface area contributed by atoms with Crippen molar-refractivity contribution < 1.29 is 19.8 Å². The molecule has 0 fully saturated rings. The lowest BCUT2D eigenvalue weighted by atomic mass is 10.0. The predicted molar refractivity (Wildman–Crippen MR) is 84.3 cm³/mol. The number of carboxylic acid groups (broad SMARTS) is 1. The van der Waals surface area contributed by atoms with Gasteiger partial charge in [0.25, 0.3) is 0 Å². The standard InChI is InChI=1S/C16H21N3O4/c20-14(16(22)23)10-13(12-4-2-1-3-5-12)18-15(21)11-19-8-6-17-7-9-19/h1-6,8,13-14,17,20H,7,9-11H2,(H,18,21)(H,22,23). The highest BCUT2D eigenvalue weighted by molar-refractivity contribution is 5.79. The highest BCUT2D eigenvalue weighted by Gasteiger charge is 2.23. The summed E-state index contributed by atoms with van der Waals surface area (Å²) in [5, 5.41) is 24.3. The van der Waals surface area contributed by atoms with E-state index < -0.39 is 18.1 Å². The van der Waals surface area contributed by atoms with E-state index in [1.807, 2.05) is 11.0 Å². The zero-order valence-corrected chi connectivity index (χ0v) is 12.7. The van der Waals surface area contributed by atoms with E-state index in [1.165, 1.54) is 0 Å². The summed E-state index contributed by atoms with van der Waals surface area (Å²) in [5.41, 5.74) is 0.761. The average Bonchev–Trinajstić information content (AvgIpc) is 2.55. The number of nitrogens with zero attached hydrogens (tertiary/aromatic N) is 1. The number of hydrogen-bond acceptors (Lipinski definition) is 5. The fourth-order valence-corrected chi connectivity index (χ4v) is 2.37. The molecule has 1 amide bonds. The van der Waals surface area contributed by atoms with Crippen molar-refractivity contribution in [2.24, 2.45) is 0 Å². The molecule has 1 aliphatic rings. The van der Waals surface area contributed by atoms with Gasteiger partial charge < -0.3 is 25.7 Å². The Morgan fingerprint density at radius 2 is 2.04 bits per heavy atom. The van der Waals surface area contributed by atoms with Gasteiger partial charge in [-0.25, -0.2) is 4.79 Å². The summed E-state index contributed by atoms with van der Waals surface area (Å²) in [6, 6.07) is 8.49. The molecule has 1 heterocycles. The molecule has 1 aromatic rings. The number of hydrogen-bond donors (Lipinski definition) is 4. The monoisotopic (exact) mass is 319 g/mol. The number of carboxylic acids is 1. The number of amides is 1. The van der Waals surface area contributed by atoms with Crippen LogP contribution in [0.5, 0.6) is 0 Å². The molecule has 0 aromatic heterocycles. The third-order valence-corrected chi connectivity index (χ3v) is 3.57. The first kappa shape index (κ1) is 16.8. The molecule has 2 atom stereocenters. The van der Waals surface area contributed by atoms with Gasteiger partial charge in [-0.15, -0.1) is 0 Å². The lowest BCUT2D eigenvalue weighted by molar-refractivity contribution is -0.147. The highest BCUT2D eigenvalue weighted by atomic mass is 16.4. The molecule has 0 saturated carbocycles. The van der Waals surface area contributed by atoms with Gasteiger partial charge in [-0.2, -0.15) is 0 Å². The number of aliphatic carboxylic acids is 1. The number of carbonyl (C=O) groups excluding carboxylic acids is 1. The van der Waals surface area contributed by atoms with Crippen LogP contribution in [0.2, 0.25) is 0 Å². The Morgan fingerprint density at radius 1 is 1.30 bits per heavy atom. The Kier molecular flexibility index (Phi) is 5.99. The van der Waals surface area contributed by atoms with E-state index in [2.05, 4.69) is 10.6 Å². The third-order valence-electron chi connectivity index (χ3n) is 3.57. The molecule has 7 nitrogen and oxygen atoms in total. The highest BCUT2D eigenvalue weighted by Crippen LogP contribution is 2.18. The maximum absolute atomic E-state index is 12.2. The molecule has 1 aliphatic heterocycles. The first-order valence-corrected chi connectivity index (χ1v) is 7.45. The minimum Gasteiger partial charge on any atom is -0.479 e. The smallest absolute Gasteiger partial charge is 0.332 e. The molecule has 2 rings (SSSR count). The average molecular weight is 319 g/mol. The van der Waals surface area contributed by atoms with Gasteiger partial charge in [0.1, 0.15) is 0 Å². The van der Waals surface area contributed by atoms with E-state index >= 15 is 0 Å². The normalized spacial score (nSPS) is 16.3. The van der Waals surface area contributed by atoms with Gasteiger partial charge >= 0.3 is 5.97 Å². The molecule has 0 spiro atoms. The van der Waals surface area contributed by atoms with Crippen LogP contribution >= 0.6 is 0 Å². The van der Waals surface area contributed by atoms with Crippen molar-refractivity contribution in [3.05, 3.63) is 48.3 Å². The second kappa shape index (κ2) is 8.19. The Morgan fingerprint density at radius 3 is 2.65 bits per heavy atom. The van der Waals surface area contributed by atoms with Crippen LogP contribution in [-0.2, 0) is 9.59 Å². The molecule has 124 valence electrons. The van der Waals surface area contributed by atoms with Gasteiger partial charge in [-0.05, 0) is 5.56 Å². The third kappa shape index (κ3) is 5.30. The van der Waals surface area contributed by atoms with Crippen molar-refractivity contribution in [1.82, 2.24) is 15.5 Å². The second-order valence-electron chi connectivity index (χ2n) is 5.36. The fraction of sp³-hybridized carbons (Fsp3) is 0.375. The van der Waals surface area contributed by atoms with Gasteiger partial charge in [0.15, 0.2) is 6.10 Å². The molecule has 0 radical (unpaired) electrons. The second-order valence-corrected chi connectivity index (χ2v) is 5.36. The molecule has 7 heteroatoms. The van der Waals surface area contributed by atoms with Crippen molar-refractivity contribution in [3.8, 4) is 0 Å². The Hall–Kier alpha value is -2.54. The van der Waals surface area contributed by atoms with E-state index in [0.717, 1.165) is 18.7 Å². The summed E-state index contributed by atoms with van der Waals surface area (Å²) >= 11 is 0. The Balaban J connectivity index is 2.01. The topological polar surface area (TPSA) is 102 Å². The van der Waals surface area contributed by atoms with Crippen molar-refractivity contribution >= 4 is 11.9 Å². The predicted octanol–water partition coefficient (Wildman–Crippen LogP) is 0.0559. The van der Waals surface area contributed by atoms with Crippen LogP contribution in [0, 0.1) is 0 Å². The summed E-state index contributed by atoms with van der Waals surface area (Å²) in [7, 11) is 0. The van der Waals surface area contributed by atoms with Crippen molar-refractivity contribution in [1.29, 1.82) is 0 Å². The maximum Gasteiger partial charge on any atom is 0.332 e. The quantitative estimate of drug-likeness (QED) is 0.567. The molecule has 1 aromatic carbocycles. The molecule has 4 N–H and O–H groups in total. The summed E-state index contributed by atoms with van der Waals surface area (Å²) in [5.74, 6) is -1.52. The number of benzene rings is 1. The summed E-state index contributed by atoms with van der Waals surface area (Å²) in [6.45, 7) is 1.67. The van der Waals surface area contributed by atoms with E-state index in [1.54, 1.807) is 36.7 Å². The van der Waals surface area contributed by atoms with Crippen molar-refractivity contribution in [2.75, 3.05) is 19.6 Å². The summed E-state index contributed by atoms with van der Waals surface area (Å²) in [4.78, 5) is 25.0. The van der Waals surface area contributed by atoms with Crippen LogP contribution in [0.4, 0.5) is 0 Å². The van der Waals surface area contributed by atoms with Gasteiger partial charge in [0.2, 0.25) is 5.91 Å². The number of nitrogens with one attached hydrogen (secondary N) is 2. The molecule has 0 bridgehead atoms. The lowest BCUT2D eigenvalue weighted by Gasteiger charge is -2.26. The zero-order valence-electron chi connectivity index (χ0n) is 12.7. The van der Waals surface area contributed by atoms with Crippen LogP contribution < -0.4 is 10.6 Å².